The summed E-state index contributed by atoms with van der Waals surface area (Å²) in [7, 11) is 0. The van der Waals surface area contributed by atoms with E-state index in [-0.39, 0.29) is 0 Å². The molecule has 0 amide bonds. The van der Waals surface area contributed by atoms with Crippen molar-refractivity contribution in [3.8, 4) is 0 Å². The highest BCUT2D eigenvalue weighted by Crippen LogP contribution is 2.25. The monoisotopic (exact) mass is 204 g/mol. The van der Waals surface area contributed by atoms with Gasteiger partial charge in [-0.05, 0) is 58.8 Å². The molecule has 1 rings (SSSR count). The average Bonchev–Trinajstić information content (AvgIpc) is 2.16. The minimum atomic E-state index is 0.682. The Morgan fingerprint density at radius 2 is 1.87 bits per heavy atom. The molecule has 1 aliphatic rings. The van der Waals surface area contributed by atoms with Crippen molar-refractivity contribution in [1.29, 1.82) is 0 Å². The second-order valence-electron chi connectivity index (χ2n) is 4.96. The molecule has 0 spiro atoms. The van der Waals surface area contributed by atoms with Crippen LogP contribution in [0.4, 0.5) is 0 Å². The summed E-state index contributed by atoms with van der Waals surface area (Å²) in [5.74, 6) is 0.682. The zero-order valence-corrected chi connectivity index (χ0v) is 10.5. The van der Waals surface area contributed by atoms with E-state index in [4.69, 9.17) is 0 Å². The van der Waals surface area contributed by atoms with Gasteiger partial charge in [0.1, 0.15) is 0 Å². The summed E-state index contributed by atoms with van der Waals surface area (Å²) in [6.45, 7) is 10.8. The van der Waals surface area contributed by atoms with Gasteiger partial charge in [-0.15, -0.1) is 0 Å². The summed E-state index contributed by atoms with van der Waals surface area (Å²) in [5, 5.41) is 0. The third-order valence-corrected chi connectivity index (χ3v) is 3.37. The smallest absolute Gasteiger partial charge is 0.0171 e. The lowest BCUT2D eigenvalue weighted by atomic mass is 9.89. The first-order valence-electron chi connectivity index (χ1n) is 6.06. The van der Waals surface area contributed by atoms with Gasteiger partial charge in [0.05, 0.1) is 0 Å². The van der Waals surface area contributed by atoms with E-state index in [9.17, 15) is 0 Å². The number of hydrogen-bond acceptors (Lipinski definition) is 0. The van der Waals surface area contributed by atoms with Crippen molar-refractivity contribution < 1.29 is 0 Å². The van der Waals surface area contributed by atoms with Gasteiger partial charge in [0, 0.05) is 0 Å². The lowest BCUT2D eigenvalue weighted by Gasteiger charge is -2.17. The molecule has 15 heavy (non-hydrogen) atoms. The second kappa shape index (κ2) is 5.95. The Morgan fingerprint density at radius 1 is 1.20 bits per heavy atom. The predicted octanol–water partition coefficient (Wildman–Crippen LogP) is 5.04. The highest BCUT2D eigenvalue weighted by molar-refractivity contribution is 5.09. The van der Waals surface area contributed by atoms with Crippen LogP contribution < -0.4 is 0 Å². The van der Waals surface area contributed by atoms with Crippen LogP contribution in [0.15, 0.2) is 35.5 Å². The summed E-state index contributed by atoms with van der Waals surface area (Å²) >= 11 is 0. The van der Waals surface area contributed by atoms with Gasteiger partial charge >= 0.3 is 0 Å². The zero-order valence-electron chi connectivity index (χ0n) is 10.5. The van der Waals surface area contributed by atoms with Crippen molar-refractivity contribution in [3.05, 3.63) is 35.5 Å². The molecule has 0 radical (unpaired) electrons. The van der Waals surface area contributed by atoms with Gasteiger partial charge in [-0.25, -0.2) is 0 Å². The molecule has 0 aromatic carbocycles. The molecule has 0 fully saturated rings. The van der Waals surface area contributed by atoms with Crippen molar-refractivity contribution in [2.24, 2.45) is 5.92 Å². The zero-order chi connectivity index (χ0) is 11.3. The minimum absolute atomic E-state index is 0.682. The third kappa shape index (κ3) is 4.51. The van der Waals surface area contributed by atoms with Gasteiger partial charge in [-0.3, -0.25) is 0 Å². The van der Waals surface area contributed by atoms with Crippen LogP contribution in [0.3, 0.4) is 0 Å². The lowest BCUT2D eigenvalue weighted by molar-refractivity contribution is 0.562. The Labute approximate surface area is 94.8 Å². The molecular formula is C15H24. The van der Waals surface area contributed by atoms with Crippen LogP contribution in [-0.2, 0) is 0 Å². The van der Waals surface area contributed by atoms with E-state index in [0.29, 0.717) is 5.92 Å². The summed E-state index contributed by atoms with van der Waals surface area (Å²) in [6, 6.07) is 0. The fraction of sp³-hybridized carbons (Fsp3) is 0.600. The highest BCUT2D eigenvalue weighted by Gasteiger charge is 2.09. The number of allylic oxidation sites excluding steroid dienone is 5. The first kappa shape index (κ1) is 12.3. The van der Waals surface area contributed by atoms with Crippen LogP contribution in [0.25, 0.3) is 0 Å². The lowest BCUT2D eigenvalue weighted by Crippen LogP contribution is -2.02. The summed E-state index contributed by atoms with van der Waals surface area (Å²) in [6.07, 6.45) is 10.9. The first-order valence-corrected chi connectivity index (χ1v) is 6.06. The largest absolute Gasteiger partial charge is 0.0998 e. The topological polar surface area (TPSA) is 0 Å². The average molecular weight is 204 g/mol. The molecule has 0 aliphatic heterocycles. The maximum Gasteiger partial charge on any atom is -0.0171 e. The van der Waals surface area contributed by atoms with E-state index in [1.165, 1.54) is 43.3 Å². The van der Waals surface area contributed by atoms with E-state index in [1.54, 1.807) is 5.57 Å². The van der Waals surface area contributed by atoms with E-state index in [1.807, 2.05) is 0 Å². The van der Waals surface area contributed by atoms with Gasteiger partial charge in [0.25, 0.3) is 0 Å². The SMILES string of the molecule is C=C(C)[C@@H]1C/C=C(/C)CC/C=C(\C)CC1. The molecule has 0 aromatic heterocycles. The maximum absolute atomic E-state index is 4.11. The van der Waals surface area contributed by atoms with Crippen LogP contribution in [-0.4, -0.2) is 0 Å². The molecule has 0 saturated heterocycles. The van der Waals surface area contributed by atoms with Gasteiger partial charge in [0.15, 0.2) is 0 Å². The van der Waals surface area contributed by atoms with Gasteiger partial charge in [-0.2, -0.15) is 0 Å². The Hall–Kier alpha value is -0.780. The molecule has 1 atom stereocenters. The molecule has 0 bridgehead atoms. The van der Waals surface area contributed by atoms with E-state index in [0.717, 1.165) is 0 Å². The summed E-state index contributed by atoms with van der Waals surface area (Å²) < 4.78 is 0. The molecule has 0 N–H and O–H groups in total. The van der Waals surface area contributed by atoms with E-state index in [2.05, 4.69) is 39.5 Å². The van der Waals surface area contributed by atoms with Crippen molar-refractivity contribution in [3.63, 3.8) is 0 Å². The van der Waals surface area contributed by atoms with Gasteiger partial charge in [0.2, 0.25) is 0 Å². The number of hydrogen-bond donors (Lipinski definition) is 0. The molecule has 0 aromatic rings. The maximum atomic E-state index is 4.11. The van der Waals surface area contributed by atoms with Crippen LogP contribution >= 0.6 is 0 Å². The van der Waals surface area contributed by atoms with Crippen LogP contribution in [0.1, 0.15) is 52.9 Å². The Balaban J connectivity index is 2.70. The molecule has 0 unspecified atom stereocenters. The second-order valence-corrected chi connectivity index (χ2v) is 4.96. The van der Waals surface area contributed by atoms with E-state index < -0.39 is 0 Å². The van der Waals surface area contributed by atoms with E-state index >= 15 is 0 Å². The number of rotatable bonds is 1. The van der Waals surface area contributed by atoms with Crippen LogP contribution in [0.5, 0.6) is 0 Å². The Bertz CT molecular complexity index is 278. The van der Waals surface area contributed by atoms with Gasteiger partial charge < -0.3 is 0 Å². The van der Waals surface area contributed by atoms with Crippen LogP contribution in [0, 0.1) is 5.92 Å². The standard InChI is InChI=1S/C15H24/c1-12(2)15-10-8-13(3)6-5-7-14(4)9-11-15/h6,9,15H,1,5,7-8,10-11H2,2-4H3/b13-6+,14-9-/t15-/m0/s1. The normalized spacial score (nSPS) is 31.0. The predicted molar refractivity (Wildman–Crippen MR) is 68.9 cm³/mol. The molecule has 0 saturated carbocycles. The quantitative estimate of drug-likeness (QED) is 0.525. The van der Waals surface area contributed by atoms with Crippen molar-refractivity contribution >= 4 is 0 Å². The van der Waals surface area contributed by atoms with Crippen molar-refractivity contribution in [2.75, 3.05) is 0 Å². The minimum Gasteiger partial charge on any atom is -0.0998 e. The molecule has 84 valence electrons. The molecule has 1 aliphatic carbocycles. The fourth-order valence-electron chi connectivity index (χ4n) is 2.06. The fourth-order valence-corrected chi connectivity index (χ4v) is 2.06. The Morgan fingerprint density at radius 3 is 2.53 bits per heavy atom. The molecule has 0 nitrogen and oxygen atoms in total. The van der Waals surface area contributed by atoms with Crippen LogP contribution in [0.2, 0.25) is 0 Å². The Kier molecular flexibility index (Phi) is 4.87. The first-order chi connectivity index (χ1) is 7.09. The third-order valence-electron chi connectivity index (χ3n) is 3.37. The summed E-state index contributed by atoms with van der Waals surface area (Å²) in [4.78, 5) is 0. The van der Waals surface area contributed by atoms with Crippen molar-refractivity contribution in [2.45, 2.75) is 52.9 Å². The highest BCUT2D eigenvalue weighted by atomic mass is 14.1. The molecular weight excluding hydrogens is 180 g/mol. The van der Waals surface area contributed by atoms with Gasteiger partial charge in [-0.1, -0.05) is 35.5 Å². The molecule has 0 heteroatoms. The summed E-state index contributed by atoms with van der Waals surface area (Å²) in [5.41, 5.74) is 4.43. The van der Waals surface area contributed by atoms with Crippen molar-refractivity contribution in [1.82, 2.24) is 0 Å². The molecule has 0 heterocycles.